The van der Waals surface area contributed by atoms with Gasteiger partial charge in [-0.2, -0.15) is 10.1 Å². The number of fused-ring (bicyclic) bond motifs is 4. The second kappa shape index (κ2) is 4.31. The molecule has 2 aliphatic heterocycles. The first-order chi connectivity index (χ1) is 12.2. The number of carbonyl (C=O) groups is 2. The quantitative estimate of drug-likeness (QED) is 0.470. The first kappa shape index (κ1) is 13.6. The van der Waals surface area contributed by atoms with E-state index in [2.05, 4.69) is 17.3 Å². The molecular formula is C19H16N2O4. The summed E-state index contributed by atoms with van der Waals surface area (Å²) in [5, 5.41) is 5.30. The Hall–Kier alpha value is -2.63. The van der Waals surface area contributed by atoms with Crippen molar-refractivity contribution in [3.63, 3.8) is 0 Å². The predicted molar refractivity (Wildman–Crippen MR) is 86.8 cm³/mol. The Bertz CT molecular complexity index is 851. The molecule has 126 valence electrons. The second-order valence-corrected chi connectivity index (χ2v) is 7.57. The zero-order valence-corrected chi connectivity index (χ0v) is 13.4. The molecule has 0 N–H and O–H groups in total. The van der Waals surface area contributed by atoms with Gasteiger partial charge in [0.05, 0.1) is 18.1 Å². The van der Waals surface area contributed by atoms with Crippen molar-refractivity contribution in [2.45, 2.75) is 12.8 Å². The van der Waals surface area contributed by atoms with E-state index in [-0.39, 0.29) is 47.7 Å². The molecule has 5 aliphatic rings. The molecule has 1 saturated heterocycles. The third kappa shape index (κ3) is 1.57. The van der Waals surface area contributed by atoms with Gasteiger partial charge in [0.15, 0.2) is 11.5 Å². The minimum atomic E-state index is -0.209. The van der Waals surface area contributed by atoms with E-state index in [1.807, 2.05) is 6.07 Å². The summed E-state index contributed by atoms with van der Waals surface area (Å²) in [5.41, 5.74) is 0.981. The molecule has 0 radical (unpaired) electrons. The van der Waals surface area contributed by atoms with E-state index in [1.54, 1.807) is 18.3 Å². The van der Waals surface area contributed by atoms with Crippen LogP contribution < -0.4 is 9.47 Å². The third-order valence-corrected chi connectivity index (χ3v) is 6.55. The maximum absolute atomic E-state index is 12.8. The van der Waals surface area contributed by atoms with Gasteiger partial charge in [0.2, 0.25) is 6.79 Å². The van der Waals surface area contributed by atoms with Crippen molar-refractivity contribution in [2.24, 2.45) is 34.2 Å². The van der Waals surface area contributed by atoms with Crippen LogP contribution in [0.3, 0.4) is 0 Å². The summed E-state index contributed by atoms with van der Waals surface area (Å²) in [7, 11) is 0. The Kier molecular flexibility index (Phi) is 2.35. The van der Waals surface area contributed by atoms with E-state index >= 15 is 0 Å². The number of benzene rings is 1. The van der Waals surface area contributed by atoms with E-state index in [0.717, 1.165) is 23.4 Å². The Morgan fingerprint density at radius 3 is 2.40 bits per heavy atom. The van der Waals surface area contributed by atoms with E-state index in [9.17, 15) is 9.59 Å². The summed E-state index contributed by atoms with van der Waals surface area (Å²) in [6, 6.07) is 5.42. The van der Waals surface area contributed by atoms with Gasteiger partial charge in [-0.1, -0.05) is 12.2 Å². The monoisotopic (exact) mass is 336 g/mol. The summed E-state index contributed by atoms with van der Waals surface area (Å²) in [6.07, 6.45) is 8.15. The summed E-state index contributed by atoms with van der Waals surface area (Å²) in [4.78, 5) is 25.6. The average molecular weight is 336 g/mol. The number of nitrogens with zero attached hydrogens (tertiary/aromatic N) is 2. The van der Waals surface area contributed by atoms with Crippen LogP contribution in [0.15, 0.2) is 35.5 Å². The lowest BCUT2D eigenvalue weighted by molar-refractivity contribution is -0.141. The molecule has 2 amide bonds. The van der Waals surface area contributed by atoms with E-state index < -0.39 is 0 Å². The zero-order valence-electron chi connectivity index (χ0n) is 13.4. The predicted octanol–water partition coefficient (Wildman–Crippen LogP) is 1.95. The molecule has 1 spiro atoms. The highest BCUT2D eigenvalue weighted by Crippen LogP contribution is 2.73. The lowest BCUT2D eigenvalue weighted by Crippen LogP contribution is -2.30. The van der Waals surface area contributed by atoms with Crippen LogP contribution >= 0.6 is 0 Å². The standard InChI is InChI=1S/C19H16N2O4/c22-17-15-11-2-3-12(19(11)5-6-19)16(15)18(23)21(17)20-8-10-1-4-13-14(7-10)25-9-24-13/h1-4,7-8,11-12,15-16H,5-6,9H2. The molecule has 4 atom stereocenters. The highest BCUT2D eigenvalue weighted by Gasteiger charge is 2.73. The molecule has 2 heterocycles. The van der Waals surface area contributed by atoms with Crippen molar-refractivity contribution in [2.75, 3.05) is 6.79 Å². The minimum absolute atomic E-state index is 0.143. The van der Waals surface area contributed by atoms with Crippen molar-refractivity contribution in [1.29, 1.82) is 0 Å². The van der Waals surface area contributed by atoms with Crippen LogP contribution in [0.1, 0.15) is 18.4 Å². The smallest absolute Gasteiger partial charge is 0.254 e. The van der Waals surface area contributed by atoms with Gasteiger partial charge in [0.25, 0.3) is 11.8 Å². The van der Waals surface area contributed by atoms with E-state index in [0.29, 0.717) is 11.5 Å². The fourth-order valence-electron chi connectivity index (χ4n) is 5.29. The number of hydrazone groups is 1. The Morgan fingerprint density at radius 1 is 1.04 bits per heavy atom. The summed E-state index contributed by atoms with van der Waals surface area (Å²) < 4.78 is 10.6. The van der Waals surface area contributed by atoms with Gasteiger partial charge in [0.1, 0.15) is 0 Å². The molecule has 1 aromatic rings. The Morgan fingerprint density at radius 2 is 1.72 bits per heavy atom. The Labute approximate surface area is 144 Å². The summed E-state index contributed by atoms with van der Waals surface area (Å²) in [5.74, 6) is 1.09. The number of ether oxygens (including phenoxy) is 2. The van der Waals surface area contributed by atoms with Gasteiger partial charge in [-0.15, -0.1) is 0 Å². The van der Waals surface area contributed by atoms with Gasteiger partial charge >= 0.3 is 0 Å². The molecule has 2 saturated carbocycles. The number of allylic oxidation sites excluding steroid dienone is 2. The molecule has 3 fully saturated rings. The normalized spacial score (nSPS) is 35.4. The molecular weight excluding hydrogens is 320 g/mol. The number of amides is 2. The lowest BCUT2D eigenvalue weighted by atomic mass is 9.85. The van der Waals surface area contributed by atoms with Crippen molar-refractivity contribution >= 4 is 18.0 Å². The molecule has 6 nitrogen and oxygen atoms in total. The first-order valence-electron chi connectivity index (χ1n) is 8.69. The third-order valence-electron chi connectivity index (χ3n) is 6.55. The van der Waals surface area contributed by atoms with Crippen LogP contribution in [0, 0.1) is 29.1 Å². The number of carbonyl (C=O) groups excluding carboxylic acids is 2. The minimum Gasteiger partial charge on any atom is -0.454 e. The van der Waals surface area contributed by atoms with Crippen molar-refractivity contribution < 1.29 is 19.1 Å². The largest absolute Gasteiger partial charge is 0.454 e. The van der Waals surface area contributed by atoms with Crippen molar-refractivity contribution in [3.8, 4) is 11.5 Å². The molecule has 6 rings (SSSR count). The SMILES string of the molecule is O=C1C2C(C(=O)N1N=Cc1ccc3c(c1)OCO3)C1C=CC2C12CC2. The van der Waals surface area contributed by atoms with Crippen LogP contribution in [0.2, 0.25) is 0 Å². The first-order valence-corrected chi connectivity index (χ1v) is 8.69. The number of hydrogen-bond donors (Lipinski definition) is 0. The topological polar surface area (TPSA) is 68.2 Å². The van der Waals surface area contributed by atoms with E-state index in [4.69, 9.17) is 9.47 Å². The molecule has 6 heteroatoms. The highest BCUT2D eigenvalue weighted by molar-refractivity contribution is 6.07. The van der Waals surface area contributed by atoms with E-state index in [1.165, 1.54) is 0 Å². The number of imide groups is 1. The average Bonchev–Trinajstić information content (AvgIpc) is 2.90. The maximum Gasteiger partial charge on any atom is 0.254 e. The molecule has 0 aromatic heterocycles. The van der Waals surface area contributed by atoms with Gasteiger partial charge < -0.3 is 9.47 Å². The Balaban J connectivity index is 1.29. The van der Waals surface area contributed by atoms with Gasteiger partial charge in [-0.25, -0.2) is 0 Å². The van der Waals surface area contributed by atoms with Gasteiger partial charge in [-0.3, -0.25) is 9.59 Å². The van der Waals surface area contributed by atoms with Gasteiger partial charge in [0, 0.05) is 0 Å². The summed E-state index contributed by atoms with van der Waals surface area (Å²) in [6.45, 7) is 0.208. The molecule has 3 aliphatic carbocycles. The lowest BCUT2D eigenvalue weighted by Gasteiger charge is -2.18. The molecule has 4 unspecified atom stereocenters. The van der Waals surface area contributed by atoms with Crippen LogP contribution in [0.25, 0.3) is 0 Å². The van der Waals surface area contributed by atoms with Crippen LogP contribution in [-0.4, -0.2) is 29.8 Å². The number of hydrogen-bond acceptors (Lipinski definition) is 5. The molecule has 1 aromatic carbocycles. The molecule has 2 bridgehead atoms. The zero-order chi connectivity index (χ0) is 16.8. The fraction of sp³-hybridized carbons (Fsp3) is 0.421. The summed E-state index contributed by atoms with van der Waals surface area (Å²) >= 11 is 0. The molecule has 25 heavy (non-hydrogen) atoms. The fourth-order valence-corrected chi connectivity index (χ4v) is 5.29. The van der Waals surface area contributed by atoms with Crippen molar-refractivity contribution in [3.05, 3.63) is 35.9 Å². The van der Waals surface area contributed by atoms with Crippen LogP contribution in [0.4, 0.5) is 0 Å². The van der Waals surface area contributed by atoms with Crippen LogP contribution in [0.5, 0.6) is 11.5 Å². The van der Waals surface area contributed by atoms with Gasteiger partial charge in [-0.05, 0) is 53.9 Å². The van der Waals surface area contributed by atoms with Crippen molar-refractivity contribution in [1.82, 2.24) is 5.01 Å². The highest BCUT2D eigenvalue weighted by atomic mass is 16.7. The van der Waals surface area contributed by atoms with Crippen LogP contribution in [-0.2, 0) is 9.59 Å². The number of rotatable bonds is 2. The maximum atomic E-state index is 12.8. The second-order valence-electron chi connectivity index (χ2n) is 7.57.